The molecule has 0 radical (unpaired) electrons. The van der Waals surface area contributed by atoms with Crippen LogP contribution in [0.4, 0.5) is 0 Å². The van der Waals surface area contributed by atoms with Gasteiger partial charge in [0.1, 0.15) is 0 Å². The molecule has 0 saturated carbocycles. The van der Waals surface area contributed by atoms with E-state index in [9.17, 15) is 0 Å². The van der Waals surface area contributed by atoms with Crippen molar-refractivity contribution in [2.75, 3.05) is 25.0 Å². The number of hydrogen-bond donors (Lipinski definition) is 0. The Morgan fingerprint density at radius 3 is 0.727 bits per heavy atom. The van der Waals surface area contributed by atoms with E-state index >= 15 is 0 Å². The predicted octanol–water partition coefficient (Wildman–Crippen LogP) is 4.96. The van der Waals surface area contributed by atoms with Gasteiger partial charge in [0.25, 0.3) is 0 Å². The summed E-state index contributed by atoms with van der Waals surface area (Å²) in [5.74, 6) is 0. The molecule has 0 amide bonds. The summed E-state index contributed by atoms with van der Waals surface area (Å²) in [4.78, 5) is 0. The SMILES string of the molecule is CSC.CSC.[Br][Sn]([Br])([Br])[Br]. The van der Waals surface area contributed by atoms with E-state index in [0.29, 0.717) is 0 Å². The Kier molecular flexibility index (Phi) is 28.7. The fourth-order valence-electron chi connectivity index (χ4n) is 0. The van der Waals surface area contributed by atoms with E-state index < -0.39 is 9.49 Å². The zero-order valence-electron chi connectivity index (χ0n) is 6.83. The van der Waals surface area contributed by atoms with Gasteiger partial charge >= 0.3 is 60.3 Å². The molecule has 0 spiro atoms. The molecule has 0 bridgehead atoms. The molecule has 7 heteroatoms. The van der Waals surface area contributed by atoms with Gasteiger partial charge in [-0.25, -0.2) is 0 Å². The average molecular weight is 563 g/mol. The van der Waals surface area contributed by atoms with Crippen LogP contribution in [0.1, 0.15) is 0 Å². The molecule has 0 rings (SSSR count). The van der Waals surface area contributed by atoms with Gasteiger partial charge in [-0.05, 0) is 25.0 Å². The molecule has 0 aliphatic rings. The zero-order chi connectivity index (χ0) is 9.91. The van der Waals surface area contributed by atoms with Gasteiger partial charge in [0.2, 0.25) is 0 Å². The first-order valence-corrected chi connectivity index (χ1v) is 31.2. The van der Waals surface area contributed by atoms with E-state index in [4.69, 9.17) is 0 Å². The molecule has 0 heterocycles. The third kappa shape index (κ3) is 150. The molecule has 0 saturated heterocycles. The van der Waals surface area contributed by atoms with Crippen molar-refractivity contribution in [3.05, 3.63) is 0 Å². The number of rotatable bonds is 0. The van der Waals surface area contributed by atoms with E-state index in [1.165, 1.54) is 0 Å². The summed E-state index contributed by atoms with van der Waals surface area (Å²) in [5, 5.41) is 0. The van der Waals surface area contributed by atoms with Gasteiger partial charge in [0.15, 0.2) is 0 Å². The molecule has 72 valence electrons. The fraction of sp³-hybridized carbons (Fsp3) is 1.00. The van der Waals surface area contributed by atoms with Crippen molar-refractivity contribution >= 4 is 83.8 Å². The van der Waals surface area contributed by atoms with Gasteiger partial charge in [0.05, 0.1) is 0 Å². The van der Waals surface area contributed by atoms with Crippen LogP contribution in [0.5, 0.6) is 0 Å². The molecule has 0 aromatic carbocycles. The third-order valence-corrected chi connectivity index (χ3v) is 0. The van der Waals surface area contributed by atoms with Crippen LogP contribution in [0.15, 0.2) is 0 Å². The van der Waals surface area contributed by atoms with Crippen LogP contribution in [0, 0.1) is 0 Å². The molecule has 11 heavy (non-hydrogen) atoms. The first-order valence-electron chi connectivity index (χ1n) is 2.39. The van der Waals surface area contributed by atoms with Crippen LogP contribution >= 0.6 is 74.3 Å². The molecular weight excluding hydrogens is 551 g/mol. The van der Waals surface area contributed by atoms with Crippen molar-refractivity contribution in [2.24, 2.45) is 0 Å². The predicted molar refractivity (Wildman–Crippen MR) is 80.3 cm³/mol. The topological polar surface area (TPSA) is 0 Å². The van der Waals surface area contributed by atoms with E-state index in [2.05, 4.69) is 50.8 Å². The summed E-state index contributed by atoms with van der Waals surface area (Å²) < 4.78 is 0. The van der Waals surface area contributed by atoms with E-state index in [-0.39, 0.29) is 0 Å². The Balaban J connectivity index is -0.0000000933. The van der Waals surface area contributed by atoms with E-state index in [0.717, 1.165) is 0 Å². The van der Waals surface area contributed by atoms with Crippen LogP contribution in [-0.4, -0.2) is 34.5 Å². The quantitative estimate of drug-likeness (QED) is 0.383. The van der Waals surface area contributed by atoms with Crippen molar-refractivity contribution < 1.29 is 0 Å². The first kappa shape index (κ1) is 19.9. The summed E-state index contributed by atoms with van der Waals surface area (Å²) in [7, 11) is -1.93. The van der Waals surface area contributed by atoms with Crippen molar-refractivity contribution in [1.29, 1.82) is 0 Å². The number of thioether (sulfide) groups is 2. The first-order chi connectivity index (χ1) is 4.83. The minimum atomic E-state index is -1.93. The zero-order valence-corrected chi connectivity index (χ0v) is 17.7. The molecule has 0 aliphatic carbocycles. The summed E-state index contributed by atoms with van der Waals surface area (Å²) in [6.07, 6.45) is 8.17. The van der Waals surface area contributed by atoms with Crippen LogP contribution in [0.3, 0.4) is 0 Å². The Morgan fingerprint density at radius 1 is 0.727 bits per heavy atom. The van der Waals surface area contributed by atoms with Crippen molar-refractivity contribution in [1.82, 2.24) is 0 Å². The molecule has 0 nitrogen and oxygen atoms in total. The second-order valence-corrected chi connectivity index (χ2v) is 80.1. The Bertz CT molecular complexity index is 50.5. The Morgan fingerprint density at radius 2 is 0.727 bits per heavy atom. The molecule has 0 aliphatic heterocycles. The van der Waals surface area contributed by atoms with Crippen LogP contribution in [0.2, 0.25) is 0 Å². The van der Waals surface area contributed by atoms with Crippen molar-refractivity contribution in [3.8, 4) is 0 Å². The summed E-state index contributed by atoms with van der Waals surface area (Å²) in [6.45, 7) is 0. The molecule has 0 unspecified atom stereocenters. The van der Waals surface area contributed by atoms with Gasteiger partial charge in [-0.15, -0.1) is 0 Å². The molecule has 0 N–H and O–H groups in total. The summed E-state index contributed by atoms with van der Waals surface area (Å²) in [5.41, 5.74) is 0. The standard InChI is InChI=1S/2C2H6S.4BrH.Sn/c2*1-3-2;;;;;/h2*1-2H3;4*1H;/q;;;;;;+4/p-4. The Hall–Kier alpha value is 3.42. The minimum absolute atomic E-state index is 1.75. The van der Waals surface area contributed by atoms with Gasteiger partial charge < -0.3 is 0 Å². The second-order valence-electron chi connectivity index (χ2n) is 1.25. The molecule has 0 fully saturated rings. The van der Waals surface area contributed by atoms with Gasteiger partial charge in [0, 0.05) is 0 Å². The number of hydrogen-bond acceptors (Lipinski definition) is 2. The Labute approximate surface area is 107 Å². The van der Waals surface area contributed by atoms with Crippen LogP contribution in [0.25, 0.3) is 0 Å². The third-order valence-electron chi connectivity index (χ3n) is 0. The molecule has 0 aromatic heterocycles. The van der Waals surface area contributed by atoms with Crippen LogP contribution in [-0.2, 0) is 0 Å². The van der Waals surface area contributed by atoms with Crippen molar-refractivity contribution in [3.63, 3.8) is 0 Å². The number of halogens is 4. The molecule has 0 atom stereocenters. The van der Waals surface area contributed by atoms with Gasteiger partial charge in [-0.1, -0.05) is 0 Å². The van der Waals surface area contributed by atoms with E-state index in [1.54, 1.807) is 23.5 Å². The van der Waals surface area contributed by atoms with Gasteiger partial charge in [-0.2, -0.15) is 23.5 Å². The summed E-state index contributed by atoms with van der Waals surface area (Å²) >= 11 is 16.8. The normalized spacial score (nSPS) is 8.73. The molecule has 0 aromatic rings. The van der Waals surface area contributed by atoms with Crippen molar-refractivity contribution in [2.45, 2.75) is 0 Å². The molecular formula is C4H12Br4S2Sn. The second kappa shape index (κ2) is 15.9. The van der Waals surface area contributed by atoms with Gasteiger partial charge in [-0.3, -0.25) is 0 Å². The van der Waals surface area contributed by atoms with E-state index in [1.807, 2.05) is 25.0 Å². The summed E-state index contributed by atoms with van der Waals surface area (Å²) in [6, 6.07) is 0. The fourth-order valence-corrected chi connectivity index (χ4v) is 0. The average Bonchev–Trinajstić information content (AvgIpc) is 1.62. The monoisotopic (exact) mass is 560 g/mol. The van der Waals surface area contributed by atoms with Crippen LogP contribution < -0.4 is 0 Å². The maximum atomic E-state index is 3.34. The maximum absolute atomic E-state index is 3.34.